The fourth-order valence-corrected chi connectivity index (χ4v) is 3.57. The molecule has 0 radical (unpaired) electrons. The van der Waals surface area contributed by atoms with Gasteiger partial charge < -0.3 is 5.11 Å². The number of halogens is 1. The van der Waals surface area contributed by atoms with Gasteiger partial charge in [0.2, 0.25) is 0 Å². The van der Waals surface area contributed by atoms with Gasteiger partial charge in [-0.2, -0.15) is 0 Å². The summed E-state index contributed by atoms with van der Waals surface area (Å²) in [6.07, 6.45) is 0.872. The van der Waals surface area contributed by atoms with E-state index in [1.807, 2.05) is 36.4 Å². The molecule has 21 heavy (non-hydrogen) atoms. The average Bonchev–Trinajstić information content (AvgIpc) is 2.87. The highest BCUT2D eigenvalue weighted by Crippen LogP contribution is 2.48. The summed E-state index contributed by atoms with van der Waals surface area (Å²) in [6, 6.07) is 20.6. The summed E-state index contributed by atoms with van der Waals surface area (Å²) in [6.45, 7) is 0. The van der Waals surface area contributed by atoms with Crippen LogP contribution in [-0.4, -0.2) is 5.11 Å². The van der Waals surface area contributed by atoms with E-state index in [-0.39, 0.29) is 0 Å². The number of phenolic OH excluding ortho intramolecular Hbond substituents is 1. The number of phenols is 1. The van der Waals surface area contributed by atoms with Crippen molar-refractivity contribution in [3.8, 4) is 28.0 Å². The summed E-state index contributed by atoms with van der Waals surface area (Å²) < 4.78 is 0.747. The number of benzene rings is 3. The maximum Gasteiger partial charge on any atom is 0.137 e. The van der Waals surface area contributed by atoms with Crippen LogP contribution in [0.15, 0.2) is 65.1 Å². The first-order valence-corrected chi connectivity index (χ1v) is 7.73. The van der Waals surface area contributed by atoms with Gasteiger partial charge in [0, 0.05) is 5.56 Å². The van der Waals surface area contributed by atoms with Crippen LogP contribution < -0.4 is 0 Å². The van der Waals surface area contributed by atoms with E-state index in [9.17, 15) is 5.11 Å². The Morgan fingerprint density at radius 3 is 2.38 bits per heavy atom. The number of aromatic hydroxyl groups is 1. The third-order valence-corrected chi connectivity index (χ3v) is 4.70. The van der Waals surface area contributed by atoms with E-state index in [1.165, 1.54) is 22.3 Å². The molecule has 1 aliphatic carbocycles. The van der Waals surface area contributed by atoms with E-state index in [0.717, 1.165) is 22.0 Å². The highest BCUT2D eigenvalue weighted by Gasteiger charge is 2.25. The van der Waals surface area contributed by atoms with E-state index in [4.69, 9.17) is 0 Å². The second-order valence-corrected chi connectivity index (χ2v) is 6.16. The summed E-state index contributed by atoms with van der Waals surface area (Å²) in [4.78, 5) is 0. The molecule has 0 heterocycles. The molecule has 0 atom stereocenters. The summed E-state index contributed by atoms with van der Waals surface area (Å²) >= 11 is 3.50. The molecular formula is C19H13BrO. The van der Waals surface area contributed by atoms with Crippen molar-refractivity contribution in [2.24, 2.45) is 0 Å². The van der Waals surface area contributed by atoms with Crippen LogP contribution in [0.1, 0.15) is 11.1 Å². The normalized spacial score (nSPS) is 12.0. The summed E-state index contributed by atoms with van der Waals surface area (Å²) in [5, 5.41) is 10.5. The Balaban J connectivity index is 2.04. The van der Waals surface area contributed by atoms with Crippen molar-refractivity contribution in [1.29, 1.82) is 0 Å². The second-order valence-electron chi connectivity index (χ2n) is 5.31. The molecule has 0 fully saturated rings. The predicted molar refractivity (Wildman–Crippen MR) is 89.5 cm³/mol. The lowest BCUT2D eigenvalue weighted by Gasteiger charge is -2.13. The highest BCUT2D eigenvalue weighted by molar-refractivity contribution is 9.10. The largest absolute Gasteiger partial charge is 0.506 e. The molecule has 1 N–H and O–H groups in total. The van der Waals surface area contributed by atoms with Crippen LogP contribution in [0.2, 0.25) is 0 Å². The van der Waals surface area contributed by atoms with Crippen molar-refractivity contribution < 1.29 is 5.11 Å². The number of hydrogen-bond donors (Lipinski definition) is 1. The van der Waals surface area contributed by atoms with Gasteiger partial charge in [-0.25, -0.2) is 0 Å². The topological polar surface area (TPSA) is 20.2 Å². The van der Waals surface area contributed by atoms with Crippen LogP contribution in [0.25, 0.3) is 22.3 Å². The molecule has 0 aliphatic heterocycles. The predicted octanol–water partition coefficient (Wildman–Crippen LogP) is 5.39. The number of fused-ring (bicyclic) bond motifs is 3. The van der Waals surface area contributed by atoms with Crippen molar-refractivity contribution in [2.75, 3.05) is 0 Å². The summed E-state index contributed by atoms with van der Waals surface area (Å²) in [7, 11) is 0. The van der Waals surface area contributed by atoms with E-state index in [0.29, 0.717) is 5.75 Å². The molecule has 0 aromatic heterocycles. The van der Waals surface area contributed by atoms with Crippen molar-refractivity contribution >= 4 is 15.9 Å². The minimum atomic E-state index is 0.327. The van der Waals surface area contributed by atoms with Crippen LogP contribution in [-0.2, 0) is 6.42 Å². The van der Waals surface area contributed by atoms with Gasteiger partial charge >= 0.3 is 0 Å². The fraction of sp³-hybridized carbons (Fsp3) is 0.0526. The van der Waals surface area contributed by atoms with E-state index < -0.39 is 0 Å². The molecule has 0 spiro atoms. The lowest BCUT2D eigenvalue weighted by atomic mass is 9.95. The SMILES string of the molecule is Oc1c(Br)cc2c(c1-c1ccccc1)Cc1ccccc1-2. The number of hydrogen-bond acceptors (Lipinski definition) is 1. The van der Waals surface area contributed by atoms with Gasteiger partial charge in [-0.15, -0.1) is 0 Å². The van der Waals surface area contributed by atoms with E-state index >= 15 is 0 Å². The highest BCUT2D eigenvalue weighted by atomic mass is 79.9. The molecule has 0 bridgehead atoms. The van der Waals surface area contributed by atoms with Crippen LogP contribution in [0.3, 0.4) is 0 Å². The maximum atomic E-state index is 10.5. The van der Waals surface area contributed by atoms with Gasteiger partial charge in [0.05, 0.1) is 4.47 Å². The molecule has 4 rings (SSSR count). The van der Waals surface area contributed by atoms with Crippen molar-refractivity contribution in [3.05, 3.63) is 76.3 Å². The van der Waals surface area contributed by atoms with Gasteiger partial charge in [0.15, 0.2) is 0 Å². The van der Waals surface area contributed by atoms with Crippen molar-refractivity contribution in [2.45, 2.75) is 6.42 Å². The fourth-order valence-electron chi connectivity index (χ4n) is 3.15. The smallest absolute Gasteiger partial charge is 0.137 e. The molecule has 0 amide bonds. The van der Waals surface area contributed by atoms with Crippen LogP contribution in [0.5, 0.6) is 5.75 Å². The monoisotopic (exact) mass is 336 g/mol. The van der Waals surface area contributed by atoms with Gasteiger partial charge in [-0.1, -0.05) is 54.6 Å². The van der Waals surface area contributed by atoms with Gasteiger partial charge in [-0.05, 0) is 56.2 Å². The Hall–Kier alpha value is -2.06. The molecule has 2 heteroatoms. The third kappa shape index (κ3) is 1.90. The molecule has 3 aromatic carbocycles. The van der Waals surface area contributed by atoms with Crippen molar-refractivity contribution in [3.63, 3.8) is 0 Å². The Kier molecular flexibility index (Phi) is 2.86. The van der Waals surface area contributed by atoms with Crippen molar-refractivity contribution in [1.82, 2.24) is 0 Å². The molecule has 1 aliphatic rings. The van der Waals surface area contributed by atoms with Gasteiger partial charge in [-0.3, -0.25) is 0 Å². The molecule has 3 aromatic rings. The molecule has 0 unspecified atom stereocenters. The standard InChI is InChI=1S/C19H13BrO/c20-17-11-15-14-9-5-4-8-13(14)10-16(15)18(19(17)21)12-6-2-1-3-7-12/h1-9,11,21H,10H2. The summed E-state index contributed by atoms with van der Waals surface area (Å²) in [5.41, 5.74) is 7.02. The lowest BCUT2D eigenvalue weighted by molar-refractivity contribution is 0.473. The minimum Gasteiger partial charge on any atom is -0.506 e. The number of rotatable bonds is 1. The third-order valence-electron chi connectivity index (χ3n) is 4.10. The Morgan fingerprint density at radius 1 is 0.857 bits per heavy atom. The zero-order valence-electron chi connectivity index (χ0n) is 11.3. The minimum absolute atomic E-state index is 0.327. The first-order valence-electron chi connectivity index (χ1n) is 6.94. The Morgan fingerprint density at radius 2 is 1.57 bits per heavy atom. The molecule has 0 saturated heterocycles. The average molecular weight is 337 g/mol. The first kappa shape index (κ1) is 12.7. The van der Waals surface area contributed by atoms with Gasteiger partial charge in [0.1, 0.15) is 5.75 Å². The summed E-state index contributed by atoms with van der Waals surface area (Å²) in [5.74, 6) is 0.327. The Labute approximate surface area is 132 Å². The van der Waals surface area contributed by atoms with Gasteiger partial charge in [0.25, 0.3) is 0 Å². The second kappa shape index (κ2) is 4.74. The zero-order chi connectivity index (χ0) is 14.4. The van der Waals surface area contributed by atoms with Crippen LogP contribution in [0, 0.1) is 0 Å². The van der Waals surface area contributed by atoms with Crippen LogP contribution >= 0.6 is 15.9 Å². The maximum absolute atomic E-state index is 10.5. The Bertz CT molecular complexity index is 838. The molecule has 102 valence electrons. The van der Waals surface area contributed by atoms with Crippen LogP contribution in [0.4, 0.5) is 0 Å². The molecule has 1 nitrogen and oxygen atoms in total. The quantitative estimate of drug-likeness (QED) is 0.493. The molecular weight excluding hydrogens is 324 g/mol. The van der Waals surface area contributed by atoms with E-state index in [1.54, 1.807) is 0 Å². The zero-order valence-corrected chi connectivity index (χ0v) is 12.9. The lowest BCUT2D eigenvalue weighted by Crippen LogP contribution is -1.90. The first-order chi connectivity index (χ1) is 10.3. The molecule has 0 saturated carbocycles. The van der Waals surface area contributed by atoms with E-state index in [2.05, 4.69) is 40.2 Å².